The van der Waals surface area contributed by atoms with Gasteiger partial charge in [0.1, 0.15) is 6.34 Å². The number of nitrogens with zero attached hydrogens (tertiary/aromatic N) is 2. The van der Waals surface area contributed by atoms with Gasteiger partial charge in [0.2, 0.25) is 0 Å². The van der Waals surface area contributed by atoms with E-state index in [1.807, 2.05) is 0 Å². The number of aliphatic imine (C=N–C) groups is 1. The summed E-state index contributed by atoms with van der Waals surface area (Å²) in [5.74, 6) is 5.78. The van der Waals surface area contributed by atoms with Crippen LogP contribution in [-0.4, -0.2) is 22.6 Å². The summed E-state index contributed by atoms with van der Waals surface area (Å²) in [5.41, 5.74) is 5.45. The van der Waals surface area contributed by atoms with E-state index >= 15 is 0 Å². The first-order valence-corrected chi connectivity index (χ1v) is 5.15. The van der Waals surface area contributed by atoms with Crippen LogP contribution in [0.1, 0.15) is 6.42 Å². The lowest BCUT2D eigenvalue weighted by Crippen LogP contribution is -2.07. The molecule has 0 heterocycles. The van der Waals surface area contributed by atoms with Gasteiger partial charge in [-0.2, -0.15) is 5.10 Å². The fourth-order valence-electron chi connectivity index (χ4n) is 0.359. The molecule has 4 N–H and O–H groups in total. The Bertz CT molecular complexity index is 147. The quantitative estimate of drug-likeness (QED) is 0.189. The highest BCUT2D eigenvalue weighted by Gasteiger charge is 1.90. The summed E-state index contributed by atoms with van der Waals surface area (Å²) in [4.78, 5) is 3.74. The van der Waals surface area contributed by atoms with Crippen molar-refractivity contribution < 1.29 is 0 Å². The highest BCUT2D eigenvalue weighted by Crippen LogP contribution is 2.02. The molecule has 0 unspecified atom stereocenters. The summed E-state index contributed by atoms with van der Waals surface area (Å²) in [6.07, 6.45) is 2.30. The predicted molar refractivity (Wildman–Crippen MR) is 55.2 cm³/mol. The Morgan fingerprint density at radius 3 is 2.91 bits per heavy atom. The third-order valence-corrected chi connectivity index (χ3v) is 2.23. The molecule has 0 saturated carbocycles. The number of alkyl halides is 1. The lowest BCUT2D eigenvalue weighted by atomic mass is 10.6. The van der Waals surface area contributed by atoms with Crippen molar-refractivity contribution in [2.75, 3.05) is 11.1 Å². The molecule has 4 nitrogen and oxygen atoms in total. The monoisotopic (exact) mass is 238 g/mol. The number of amidine groups is 1. The van der Waals surface area contributed by atoms with E-state index in [2.05, 4.69) is 26.0 Å². The third kappa shape index (κ3) is 7.67. The summed E-state index contributed by atoms with van der Waals surface area (Å²) in [6.45, 7) is 0. The number of thioether (sulfide) groups is 1. The van der Waals surface area contributed by atoms with Crippen molar-refractivity contribution in [3.63, 3.8) is 0 Å². The Morgan fingerprint density at radius 2 is 2.36 bits per heavy atom. The van der Waals surface area contributed by atoms with E-state index in [0.717, 1.165) is 17.5 Å². The second-order valence-electron chi connectivity index (χ2n) is 1.62. The standard InChI is InChI=1S/C5H11BrN4S/c6-2-1-3-11-5(7)9-4-10-8/h4H,1-3,8H2,(H2,7,9,10). The molecule has 0 atom stereocenters. The van der Waals surface area contributed by atoms with Crippen LogP contribution in [0.25, 0.3) is 0 Å². The van der Waals surface area contributed by atoms with Crippen LogP contribution in [-0.2, 0) is 0 Å². The van der Waals surface area contributed by atoms with Crippen LogP contribution >= 0.6 is 27.7 Å². The number of rotatable bonds is 4. The SMILES string of the molecule is N/N=C/N=C(N)SCCCBr. The van der Waals surface area contributed by atoms with Gasteiger partial charge < -0.3 is 11.6 Å². The fourth-order valence-corrected chi connectivity index (χ4v) is 1.63. The Kier molecular flexibility index (Phi) is 7.71. The molecule has 0 fully saturated rings. The molecule has 0 bridgehead atoms. The van der Waals surface area contributed by atoms with E-state index in [1.54, 1.807) is 0 Å². The molecule has 11 heavy (non-hydrogen) atoms. The maximum absolute atomic E-state index is 5.45. The highest BCUT2D eigenvalue weighted by molar-refractivity contribution is 9.09. The average molecular weight is 239 g/mol. The summed E-state index contributed by atoms with van der Waals surface area (Å²) < 4.78 is 0. The van der Waals surface area contributed by atoms with E-state index < -0.39 is 0 Å². The molecule has 0 amide bonds. The smallest absolute Gasteiger partial charge is 0.160 e. The fraction of sp³-hybridized carbons (Fsp3) is 0.600. The molecule has 0 aromatic rings. The molecule has 0 aliphatic rings. The Labute approximate surface area is 78.6 Å². The average Bonchev–Trinajstić information content (AvgIpc) is 2.01. The molecule has 0 rings (SSSR count). The van der Waals surface area contributed by atoms with Gasteiger partial charge in [-0.3, -0.25) is 0 Å². The van der Waals surface area contributed by atoms with E-state index in [4.69, 9.17) is 11.6 Å². The van der Waals surface area contributed by atoms with Gasteiger partial charge in [0.25, 0.3) is 0 Å². The largest absolute Gasteiger partial charge is 0.378 e. The first-order chi connectivity index (χ1) is 5.31. The minimum absolute atomic E-state index is 0.500. The van der Waals surface area contributed by atoms with Gasteiger partial charge in [0.05, 0.1) is 0 Å². The number of hydrogen-bond acceptors (Lipinski definition) is 3. The lowest BCUT2D eigenvalue weighted by Gasteiger charge is -1.95. The van der Waals surface area contributed by atoms with Gasteiger partial charge in [0.15, 0.2) is 5.17 Å². The minimum atomic E-state index is 0.500. The minimum Gasteiger partial charge on any atom is -0.378 e. The van der Waals surface area contributed by atoms with E-state index in [9.17, 15) is 0 Å². The maximum Gasteiger partial charge on any atom is 0.160 e. The molecule has 0 saturated heterocycles. The van der Waals surface area contributed by atoms with Crippen LogP contribution < -0.4 is 11.6 Å². The maximum atomic E-state index is 5.45. The van der Waals surface area contributed by atoms with Gasteiger partial charge in [-0.25, -0.2) is 4.99 Å². The van der Waals surface area contributed by atoms with Gasteiger partial charge in [-0.05, 0) is 6.42 Å². The normalized spacial score (nSPS) is 12.6. The molecule has 0 radical (unpaired) electrons. The van der Waals surface area contributed by atoms with E-state index in [-0.39, 0.29) is 0 Å². The molecule has 6 heteroatoms. The van der Waals surface area contributed by atoms with E-state index in [1.165, 1.54) is 18.1 Å². The number of hydrogen-bond donors (Lipinski definition) is 2. The van der Waals surface area contributed by atoms with Gasteiger partial charge in [-0.15, -0.1) is 0 Å². The molecule has 0 aliphatic carbocycles. The summed E-state index contributed by atoms with van der Waals surface area (Å²) in [5, 5.41) is 4.67. The van der Waals surface area contributed by atoms with Crippen LogP contribution in [0.3, 0.4) is 0 Å². The number of halogens is 1. The van der Waals surface area contributed by atoms with Crippen molar-refractivity contribution in [2.24, 2.45) is 21.7 Å². The molecular formula is C5H11BrN4S. The molecule has 0 spiro atoms. The van der Waals surface area contributed by atoms with Crippen molar-refractivity contribution in [1.29, 1.82) is 0 Å². The van der Waals surface area contributed by atoms with Crippen LogP contribution in [0, 0.1) is 0 Å². The highest BCUT2D eigenvalue weighted by atomic mass is 79.9. The first-order valence-electron chi connectivity index (χ1n) is 3.05. The lowest BCUT2D eigenvalue weighted by molar-refractivity contribution is 1.14. The summed E-state index contributed by atoms with van der Waals surface area (Å²) in [6, 6.07) is 0. The van der Waals surface area contributed by atoms with Crippen molar-refractivity contribution >= 4 is 39.2 Å². The van der Waals surface area contributed by atoms with Crippen molar-refractivity contribution in [3.05, 3.63) is 0 Å². The molecule has 0 aromatic heterocycles. The van der Waals surface area contributed by atoms with Crippen molar-refractivity contribution in [3.8, 4) is 0 Å². The van der Waals surface area contributed by atoms with Crippen molar-refractivity contribution in [1.82, 2.24) is 0 Å². The van der Waals surface area contributed by atoms with Crippen molar-refractivity contribution in [2.45, 2.75) is 6.42 Å². The van der Waals surface area contributed by atoms with Gasteiger partial charge >= 0.3 is 0 Å². The Balaban J connectivity index is 3.42. The Morgan fingerprint density at radius 1 is 1.64 bits per heavy atom. The number of nitrogens with two attached hydrogens (primary N) is 2. The number of hydrazone groups is 1. The first kappa shape index (κ1) is 10.8. The summed E-state index contributed by atoms with van der Waals surface area (Å²) in [7, 11) is 0. The second-order valence-corrected chi connectivity index (χ2v) is 3.53. The molecular weight excluding hydrogens is 228 g/mol. The summed E-state index contributed by atoms with van der Waals surface area (Å²) >= 11 is 4.80. The van der Waals surface area contributed by atoms with Crippen LogP contribution in [0.4, 0.5) is 0 Å². The van der Waals surface area contributed by atoms with Crippen LogP contribution in [0.15, 0.2) is 10.1 Å². The topological polar surface area (TPSA) is 76.8 Å². The third-order valence-electron chi connectivity index (χ3n) is 0.780. The van der Waals surface area contributed by atoms with E-state index in [0.29, 0.717) is 5.17 Å². The zero-order valence-electron chi connectivity index (χ0n) is 6.03. The second kappa shape index (κ2) is 7.87. The molecule has 0 aromatic carbocycles. The van der Waals surface area contributed by atoms with Crippen LogP contribution in [0.5, 0.6) is 0 Å². The predicted octanol–water partition coefficient (Wildman–Crippen LogP) is 0.721. The van der Waals surface area contributed by atoms with Gasteiger partial charge in [-0.1, -0.05) is 27.7 Å². The van der Waals surface area contributed by atoms with Crippen LogP contribution in [0.2, 0.25) is 0 Å². The Hall–Kier alpha value is -0.230. The van der Waals surface area contributed by atoms with Gasteiger partial charge in [0, 0.05) is 11.1 Å². The zero-order valence-corrected chi connectivity index (χ0v) is 8.44. The molecule has 64 valence electrons. The zero-order chi connectivity index (χ0) is 8.53. The molecule has 0 aliphatic heterocycles.